The third-order valence-corrected chi connectivity index (χ3v) is 6.36. The van der Waals surface area contributed by atoms with Crippen molar-refractivity contribution in [2.45, 2.75) is 32.1 Å². The Morgan fingerprint density at radius 3 is 2.71 bits per heavy atom. The molecule has 0 aromatic heterocycles. The van der Waals surface area contributed by atoms with Gasteiger partial charge in [0.2, 0.25) is 5.91 Å². The van der Waals surface area contributed by atoms with Crippen molar-refractivity contribution in [3.63, 3.8) is 0 Å². The van der Waals surface area contributed by atoms with Gasteiger partial charge in [-0.2, -0.15) is 5.26 Å². The molecule has 7 heteroatoms. The lowest BCUT2D eigenvalue weighted by Gasteiger charge is -2.18. The second-order valence-electron chi connectivity index (χ2n) is 8.13. The maximum Gasteiger partial charge on any atom is 0.227 e. The number of carbonyl (C=O) groups excluding carboxylic acids is 1. The predicted molar refractivity (Wildman–Crippen MR) is 134 cm³/mol. The van der Waals surface area contributed by atoms with Crippen LogP contribution in [0.3, 0.4) is 0 Å². The number of rotatable bonds is 8. The Morgan fingerprint density at radius 2 is 1.91 bits per heavy atom. The van der Waals surface area contributed by atoms with Gasteiger partial charge in [-0.1, -0.05) is 54.7 Å². The predicted octanol–water partition coefficient (Wildman–Crippen LogP) is 7.36. The van der Waals surface area contributed by atoms with Crippen molar-refractivity contribution in [3.8, 4) is 23.3 Å². The van der Waals surface area contributed by atoms with Gasteiger partial charge in [-0.05, 0) is 48.4 Å². The first-order chi connectivity index (χ1) is 16.5. The molecule has 0 radical (unpaired) electrons. The number of benzene rings is 3. The molecule has 3 aromatic rings. The number of anilines is 1. The average Bonchev–Trinajstić information content (AvgIpc) is 3.23. The van der Waals surface area contributed by atoms with Crippen molar-refractivity contribution in [3.05, 3.63) is 81.8 Å². The fourth-order valence-electron chi connectivity index (χ4n) is 3.92. The molecule has 34 heavy (non-hydrogen) atoms. The summed E-state index contributed by atoms with van der Waals surface area (Å²) in [5.74, 6) is 1.43. The van der Waals surface area contributed by atoms with Gasteiger partial charge in [-0.3, -0.25) is 4.79 Å². The van der Waals surface area contributed by atoms with Gasteiger partial charge in [0.15, 0.2) is 5.75 Å². The molecule has 1 saturated heterocycles. The number of nitriles is 1. The minimum atomic E-state index is -0.0292. The molecule has 0 N–H and O–H groups in total. The summed E-state index contributed by atoms with van der Waals surface area (Å²) >= 11 is 12.6. The number of nitrogens with zero attached hydrogens (tertiary/aromatic N) is 2. The fraction of sp³-hybridized carbons (Fsp3) is 0.259. The summed E-state index contributed by atoms with van der Waals surface area (Å²) < 4.78 is 11.8. The average molecular weight is 495 g/mol. The molecule has 0 saturated carbocycles. The molecular formula is C27H24Cl2N2O3. The van der Waals surface area contributed by atoms with E-state index in [4.69, 9.17) is 32.7 Å². The van der Waals surface area contributed by atoms with E-state index in [1.807, 2.05) is 36.4 Å². The molecule has 0 spiro atoms. The van der Waals surface area contributed by atoms with E-state index >= 15 is 0 Å². The molecule has 3 aromatic carbocycles. The minimum absolute atomic E-state index is 0.0292. The van der Waals surface area contributed by atoms with Gasteiger partial charge in [-0.25, -0.2) is 0 Å². The van der Waals surface area contributed by atoms with Gasteiger partial charge >= 0.3 is 0 Å². The van der Waals surface area contributed by atoms with E-state index in [2.05, 4.69) is 13.0 Å². The van der Waals surface area contributed by atoms with Crippen LogP contribution in [-0.4, -0.2) is 19.1 Å². The Hall–Kier alpha value is -3.20. The zero-order chi connectivity index (χ0) is 24.1. The minimum Gasteiger partial charge on any atom is -0.494 e. The first kappa shape index (κ1) is 23.9. The van der Waals surface area contributed by atoms with Crippen LogP contribution in [0.15, 0.2) is 60.7 Å². The first-order valence-corrected chi connectivity index (χ1v) is 11.9. The van der Waals surface area contributed by atoms with Crippen molar-refractivity contribution in [1.29, 1.82) is 5.26 Å². The molecule has 5 nitrogen and oxygen atoms in total. The molecule has 0 bridgehead atoms. The maximum atomic E-state index is 12.9. The molecule has 0 aliphatic carbocycles. The summed E-state index contributed by atoms with van der Waals surface area (Å²) in [7, 11) is 0. The number of hydrogen-bond donors (Lipinski definition) is 0. The van der Waals surface area contributed by atoms with Gasteiger partial charge in [0.1, 0.15) is 17.6 Å². The van der Waals surface area contributed by atoms with E-state index < -0.39 is 0 Å². The summed E-state index contributed by atoms with van der Waals surface area (Å²) in [5, 5.41) is 10.1. The van der Waals surface area contributed by atoms with Crippen LogP contribution < -0.4 is 14.4 Å². The summed E-state index contributed by atoms with van der Waals surface area (Å²) in [6.45, 7) is 3.31. The highest BCUT2D eigenvalue weighted by Gasteiger charge is 2.32. The lowest BCUT2D eigenvalue weighted by molar-refractivity contribution is -0.117. The van der Waals surface area contributed by atoms with Crippen LogP contribution in [0.4, 0.5) is 5.69 Å². The molecular weight excluding hydrogens is 471 g/mol. The number of para-hydroxylation sites is 1. The quantitative estimate of drug-likeness (QED) is 0.307. The lowest BCUT2D eigenvalue weighted by Crippen LogP contribution is -2.24. The van der Waals surface area contributed by atoms with Crippen LogP contribution in [-0.2, 0) is 4.79 Å². The number of ether oxygens (including phenoxy) is 2. The second-order valence-corrected chi connectivity index (χ2v) is 8.94. The van der Waals surface area contributed by atoms with E-state index in [1.54, 1.807) is 29.2 Å². The molecule has 174 valence electrons. The number of unbranched alkanes of at least 4 members (excludes halogenated alkanes) is 1. The van der Waals surface area contributed by atoms with E-state index in [9.17, 15) is 10.1 Å². The number of hydrogen-bond acceptors (Lipinski definition) is 4. The standard InChI is InChI=1S/C27H24Cl2N2O3/c1-2-3-12-33-22-8-5-7-21(15-22)31-17-20(14-26(31)32)18-10-11-23(28)25(13-18)34-27-19(16-30)6-4-9-24(27)29/h4-11,13,15,20H,2-3,12,14,17H2,1H3/t20-/m0/s1. The van der Waals surface area contributed by atoms with Gasteiger partial charge in [0.25, 0.3) is 0 Å². The Morgan fingerprint density at radius 1 is 1.09 bits per heavy atom. The molecule has 1 amide bonds. The monoisotopic (exact) mass is 494 g/mol. The van der Waals surface area contributed by atoms with Crippen LogP contribution in [0, 0.1) is 11.3 Å². The van der Waals surface area contributed by atoms with E-state index in [1.165, 1.54) is 0 Å². The maximum absolute atomic E-state index is 12.9. The van der Waals surface area contributed by atoms with Crippen molar-refractivity contribution >= 4 is 34.8 Å². The number of halogens is 2. The van der Waals surface area contributed by atoms with Gasteiger partial charge in [0.05, 0.1) is 22.2 Å². The molecule has 1 atom stereocenters. The normalized spacial score (nSPS) is 15.3. The van der Waals surface area contributed by atoms with Crippen LogP contribution in [0.1, 0.15) is 43.2 Å². The van der Waals surface area contributed by atoms with E-state index in [0.717, 1.165) is 29.8 Å². The van der Waals surface area contributed by atoms with Crippen molar-refractivity contribution < 1.29 is 14.3 Å². The summed E-state index contributed by atoms with van der Waals surface area (Å²) in [4.78, 5) is 14.7. The van der Waals surface area contributed by atoms with Gasteiger partial charge in [-0.15, -0.1) is 0 Å². The lowest BCUT2D eigenvalue weighted by atomic mass is 9.98. The molecule has 4 rings (SSSR count). The van der Waals surface area contributed by atoms with E-state index in [-0.39, 0.29) is 17.6 Å². The highest BCUT2D eigenvalue weighted by Crippen LogP contribution is 2.39. The van der Waals surface area contributed by atoms with Crippen molar-refractivity contribution in [1.82, 2.24) is 0 Å². The van der Waals surface area contributed by atoms with Crippen molar-refractivity contribution in [2.75, 3.05) is 18.1 Å². The molecule has 1 aliphatic rings. The van der Waals surface area contributed by atoms with Crippen LogP contribution in [0.25, 0.3) is 0 Å². The fourth-order valence-corrected chi connectivity index (χ4v) is 4.29. The smallest absolute Gasteiger partial charge is 0.227 e. The molecule has 1 heterocycles. The molecule has 1 aliphatic heterocycles. The van der Waals surface area contributed by atoms with Crippen LogP contribution >= 0.6 is 23.2 Å². The number of amides is 1. The van der Waals surface area contributed by atoms with Crippen LogP contribution in [0.2, 0.25) is 10.0 Å². The van der Waals surface area contributed by atoms with Gasteiger partial charge in [0, 0.05) is 30.6 Å². The number of carbonyl (C=O) groups is 1. The third-order valence-electron chi connectivity index (χ3n) is 5.75. The molecule has 1 fully saturated rings. The molecule has 0 unspecified atom stereocenters. The zero-order valence-corrected chi connectivity index (χ0v) is 20.3. The third kappa shape index (κ3) is 5.30. The largest absolute Gasteiger partial charge is 0.494 e. The Labute approximate surface area is 209 Å². The zero-order valence-electron chi connectivity index (χ0n) is 18.8. The highest BCUT2D eigenvalue weighted by atomic mass is 35.5. The summed E-state index contributed by atoms with van der Waals surface area (Å²) in [6.07, 6.45) is 2.42. The van der Waals surface area contributed by atoms with Crippen LogP contribution in [0.5, 0.6) is 17.2 Å². The Bertz CT molecular complexity index is 1240. The second kappa shape index (κ2) is 10.8. The van der Waals surface area contributed by atoms with Gasteiger partial charge < -0.3 is 14.4 Å². The Kier molecular flexibility index (Phi) is 7.62. The topological polar surface area (TPSA) is 62.6 Å². The van der Waals surface area contributed by atoms with E-state index in [0.29, 0.717) is 40.9 Å². The Balaban J connectivity index is 1.54. The highest BCUT2D eigenvalue weighted by molar-refractivity contribution is 6.33. The SMILES string of the molecule is CCCCOc1cccc(N2C[C@@H](c3ccc(Cl)c(Oc4c(Cl)cccc4C#N)c3)CC2=O)c1. The first-order valence-electron chi connectivity index (χ1n) is 11.2. The summed E-state index contributed by atoms with van der Waals surface area (Å²) in [5.41, 5.74) is 2.06. The summed E-state index contributed by atoms with van der Waals surface area (Å²) in [6, 6.07) is 20.2. The van der Waals surface area contributed by atoms with Crippen molar-refractivity contribution in [2.24, 2.45) is 0 Å².